The lowest BCUT2D eigenvalue weighted by molar-refractivity contribution is 0.411. The standard InChI is InChI=1S/C15H24O.C15H24.C14H21Cl.C14H21F.C14H22/c1-14(2,3)12-9-8-11(16-7)10-13(12)15(4,5)6;1-11-8-9-12(14(2,3)4)13(10-11)15(5,6)7;2*1-13(2,3)11-8-7-10(15)9-12(11)14(4,5)6;1-13(2,3)11-9-7-8-10-12(11)14(4,5)6/h8-10H,1-7H3;8-10H,1-7H3;2*7-9H,1-6H3;7-10H,1-6H3. The Balaban J connectivity index is 0.000000469. The Morgan fingerprint density at radius 1 is 0.293 bits per heavy atom. The minimum Gasteiger partial charge on any atom is -0.497 e. The summed E-state index contributed by atoms with van der Waals surface area (Å²) in [5.74, 6) is 0.797. The Kier molecular flexibility index (Phi) is 23.3. The van der Waals surface area contributed by atoms with Crippen LogP contribution in [0.4, 0.5) is 4.39 Å². The molecule has 0 aromatic heterocycles. The Morgan fingerprint density at radius 3 is 0.867 bits per heavy atom. The van der Waals surface area contributed by atoms with Crippen LogP contribution in [0.25, 0.3) is 0 Å². The van der Waals surface area contributed by atoms with Gasteiger partial charge in [0.15, 0.2) is 0 Å². The zero-order valence-electron chi connectivity index (χ0n) is 54.4. The molecule has 0 fully saturated rings. The number of rotatable bonds is 1. The zero-order chi connectivity index (χ0) is 59.1. The molecule has 0 heterocycles. The number of halogens is 2. The van der Waals surface area contributed by atoms with E-state index in [1.54, 1.807) is 19.2 Å². The van der Waals surface area contributed by atoms with Crippen LogP contribution in [-0.4, -0.2) is 7.11 Å². The lowest BCUT2D eigenvalue weighted by Crippen LogP contribution is -2.22. The van der Waals surface area contributed by atoms with E-state index in [1.807, 2.05) is 12.1 Å². The molecule has 0 aliphatic rings. The molecule has 0 N–H and O–H groups in total. The molecule has 1 nitrogen and oxygen atoms in total. The summed E-state index contributed by atoms with van der Waals surface area (Å²) in [5, 5.41) is 0.827. The molecule has 0 spiro atoms. The quantitative estimate of drug-likeness (QED) is 0.163. The highest BCUT2D eigenvalue weighted by Gasteiger charge is 2.29. The van der Waals surface area contributed by atoms with Crippen LogP contribution in [-0.2, 0) is 54.1 Å². The first kappa shape index (κ1) is 69.1. The van der Waals surface area contributed by atoms with E-state index in [4.69, 9.17) is 16.3 Å². The van der Waals surface area contributed by atoms with Crippen molar-refractivity contribution in [1.82, 2.24) is 0 Å². The van der Waals surface area contributed by atoms with E-state index in [0.29, 0.717) is 0 Å². The summed E-state index contributed by atoms with van der Waals surface area (Å²) in [5.41, 5.74) is 16.7. The second-order valence-electron chi connectivity index (χ2n) is 31.4. The SMILES string of the molecule is CC(C)(C)c1ccc(Cl)cc1C(C)(C)C.CC(C)(C)c1ccc(F)cc1C(C)(C)C.CC(C)(C)c1ccccc1C(C)(C)C.COc1ccc(C(C)(C)C)c(C(C)(C)C)c1.Cc1ccc(C(C)(C)C)c(C(C)(C)C)c1. The highest BCUT2D eigenvalue weighted by atomic mass is 35.5. The highest BCUT2D eigenvalue weighted by molar-refractivity contribution is 6.30. The molecule has 0 amide bonds. The molecule has 0 saturated heterocycles. The molecule has 5 aromatic carbocycles. The Hall–Kier alpha value is -3.88. The van der Waals surface area contributed by atoms with E-state index in [-0.39, 0.29) is 60.0 Å². The lowest BCUT2D eigenvalue weighted by Gasteiger charge is -2.30. The second-order valence-corrected chi connectivity index (χ2v) is 31.8. The minimum absolute atomic E-state index is 0.00921. The molecule has 3 heteroatoms. The van der Waals surface area contributed by atoms with E-state index in [2.05, 4.69) is 287 Å². The van der Waals surface area contributed by atoms with E-state index in [0.717, 1.165) is 16.3 Å². The highest BCUT2D eigenvalue weighted by Crippen LogP contribution is 2.39. The summed E-state index contributed by atoms with van der Waals surface area (Å²) >= 11 is 6.07. The van der Waals surface area contributed by atoms with Crippen LogP contribution in [0.2, 0.25) is 5.02 Å². The van der Waals surface area contributed by atoms with Crippen LogP contribution >= 0.6 is 11.6 Å². The molecule has 0 aliphatic heterocycles. The molecule has 5 aromatic rings. The number of hydrogen-bond acceptors (Lipinski definition) is 1. The van der Waals surface area contributed by atoms with Crippen molar-refractivity contribution in [1.29, 1.82) is 0 Å². The minimum atomic E-state index is -0.145. The van der Waals surface area contributed by atoms with E-state index < -0.39 is 0 Å². The van der Waals surface area contributed by atoms with Gasteiger partial charge in [0.1, 0.15) is 11.6 Å². The van der Waals surface area contributed by atoms with Gasteiger partial charge in [0, 0.05) is 5.02 Å². The van der Waals surface area contributed by atoms with Crippen LogP contribution in [0, 0.1) is 12.7 Å². The molecular weight excluding hydrogens is 935 g/mol. The van der Waals surface area contributed by atoms with Gasteiger partial charge < -0.3 is 4.74 Å². The van der Waals surface area contributed by atoms with Crippen LogP contribution in [0.5, 0.6) is 5.75 Å². The fourth-order valence-electron chi connectivity index (χ4n) is 9.23. The first-order valence-electron chi connectivity index (χ1n) is 27.8. The van der Waals surface area contributed by atoms with Crippen LogP contribution in [0.3, 0.4) is 0 Å². The van der Waals surface area contributed by atoms with Crippen molar-refractivity contribution in [3.05, 3.63) is 169 Å². The second kappa shape index (κ2) is 25.3. The molecule has 75 heavy (non-hydrogen) atoms. The molecule has 0 unspecified atom stereocenters. The van der Waals surface area contributed by atoms with Crippen molar-refractivity contribution in [2.45, 2.75) is 269 Å². The zero-order valence-corrected chi connectivity index (χ0v) is 55.2. The molecular formula is C72H112ClFO. The van der Waals surface area contributed by atoms with Gasteiger partial charge in [0.05, 0.1) is 7.11 Å². The Bertz CT molecular complexity index is 2360. The predicted molar refractivity (Wildman–Crippen MR) is 335 cm³/mol. The largest absolute Gasteiger partial charge is 0.497 e. The number of hydrogen-bond donors (Lipinski definition) is 0. The van der Waals surface area contributed by atoms with E-state index in [1.165, 1.54) is 55.6 Å². The maximum Gasteiger partial charge on any atom is 0.123 e. The normalized spacial score (nSPS) is 12.9. The first-order chi connectivity index (χ1) is 33.2. The van der Waals surface area contributed by atoms with Crippen molar-refractivity contribution >= 4 is 11.6 Å². The summed E-state index contributed by atoms with van der Waals surface area (Å²) < 4.78 is 18.6. The average Bonchev–Trinajstić information content (AvgIpc) is 3.21. The molecule has 0 atom stereocenters. The van der Waals surface area contributed by atoms with E-state index >= 15 is 0 Å². The number of methoxy groups -OCH3 is 1. The number of ether oxygens (including phenoxy) is 1. The Labute approximate surface area is 469 Å². The van der Waals surface area contributed by atoms with Gasteiger partial charge in [0.25, 0.3) is 0 Å². The maximum absolute atomic E-state index is 13.3. The summed E-state index contributed by atoms with van der Waals surface area (Å²) in [6.07, 6.45) is 0. The van der Waals surface area contributed by atoms with Crippen molar-refractivity contribution < 1.29 is 9.13 Å². The van der Waals surface area contributed by atoms with Gasteiger partial charge in [-0.15, -0.1) is 0 Å². The molecule has 0 aliphatic carbocycles. The van der Waals surface area contributed by atoms with Crippen molar-refractivity contribution in [3.63, 3.8) is 0 Å². The van der Waals surface area contributed by atoms with E-state index in [9.17, 15) is 4.39 Å². The first-order valence-corrected chi connectivity index (χ1v) is 28.1. The van der Waals surface area contributed by atoms with Crippen LogP contribution in [0.1, 0.15) is 269 Å². The van der Waals surface area contributed by atoms with Gasteiger partial charge in [-0.3, -0.25) is 0 Å². The molecule has 0 radical (unpaired) electrons. The summed E-state index contributed by atoms with van der Waals surface area (Å²) in [6.45, 7) is 69.3. The van der Waals surface area contributed by atoms with Gasteiger partial charge in [-0.2, -0.15) is 0 Å². The molecule has 0 bridgehead atoms. The number of aryl methyl sites for hydroxylation is 1. The summed E-state index contributed by atoms with van der Waals surface area (Å²) in [4.78, 5) is 0. The average molecular weight is 1050 g/mol. The van der Waals surface area contributed by atoms with Crippen LogP contribution in [0.15, 0.2) is 97.1 Å². The van der Waals surface area contributed by atoms with Gasteiger partial charge in [0.2, 0.25) is 0 Å². The van der Waals surface area contributed by atoms with Gasteiger partial charge in [-0.1, -0.05) is 286 Å². The van der Waals surface area contributed by atoms with Crippen molar-refractivity contribution in [2.24, 2.45) is 0 Å². The fourth-order valence-corrected chi connectivity index (χ4v) is 9.40. The third-order valence-corrected chi connectivity index (χ3v) is 13.6. The molecule has 420 valence electrons. The molecule has 0 saturated carbocycles. The third kappa shape index (κ3) is 22.2. The van der Waals surface area contributed by atoms with Crippen molar-refractivity contribution in [3.8, 4) is 5.75 Å². The van der Waals surface area contributed by atoms with Crippen molar-refractivity contribution in [2.75, 3.05) is 7.11 Å². The molecule has 5 rings (SSSR count). The fraction of sp³-hybridized carbons (Fsp3) is 0.583. The topological polar surface area (TPSA) is 9.23 Å². The summed E-state index contributed by atoms with van der Waals surface area (Å²) in [7, 11) is 1.72. The number of benzene rings is 5. The maximum atomic E-state index is 13.3. The van der Waals surface area contributed by atoms with Crippen LogP contribution < -0.4 is 4.74 Å². The van der Waals surface area contributed by atoms with Gasteiger partial charge in [-0.25, -0.2) is 4.39 Å². The van der Waals surface area contributed by atoms with Gasteiger partial charge >= 0.3 is 0 Å². The summed E-state index contributed by atoms with van der Waals surface area (Å²) in [6, 6.07) is 33.4. The smallest absolute Gasteiger partial charge is 0.123 e. The van der Waals surface area contributed by atoms with Gasteiger partial charge in [-0.05, 0) is 153 Å². The third-order valence-electron chi connectivity index (χ3n) is 13.4. The monoisotopic (exact) mass is 1050 g/mol. The Morgan fingerprint density at radius 2 is 0.547 bits per heavy atom. The lowest BCUT2D eigenvalue weighted by atomic mass is 9.75. The predicted octanol–water partition coefficient (Wildman–Crippen LogP) is 22.5.